The van der Waals surface area contributed by atoms with E-state index >= 15 is 0 Å². The minimum atomic E-state index is -0.112. The summed E-state index contributed by atoms with van der Waals surface area (Å²) < 4.78 is 6.41. The second kappa shape index (κ2) is 6.01. The van der Waals surface area contributed by atoms with Crippen molar-refractivity contribution in [2.45, 2.75) is 12.5 Å². The number of nitrogens with two attached hydrogens (primary N) is 1. The Kier molecular flexibility index (Phi) is 4.93. The Morgan fingerprint density at radius 3 is 2.93 bits per heavy atom. The van der Waals surface area contributed by atoms with Crippen LogP contribution in [-0.2, 0) is 0 Å². The summed E-state index contributed by atoms with van der Waals surface area (Å²) in [6.07, 6.45) is 0.563. The predicted molar refractivity (Wildman–Crippen MR) is 59.3 cm³/mol. The topological polar surface area (TPSA) is 55.5 Å². The fourth-order valence-corrected chi connectivity index (χ4v) is 1.39. The van der Waals surface area contributed by atoms with Crippen molar-refractivity contribution in [2.24, 2.45) is 5.73 Å². The maximum Gasteiger partial charge on any atom is 0.120 e. The van der Waals surface area contributed by atoms with E-state index in [0.717, 1.165) is 10.2 Å². The first-order chi connectivity index (χ1) is 6.72. The maximum absolute atomic E-state index is 8.63. The zero-order valence-corrected chi connectivity index (χ0v) is 9.40. The summed E-state index contributed by atoms with van der Waals surface area (Å²) in [6.45, 7) is 0.528. The summed E-state index contributed by atoms with van der Waals surface area (Å²) in [5.41, 5.74) is 5.67. The molecular formula is C10H14BrNO2. The quantitative estimate of drug-likeness (QED) is 0.844. The van der Waals surface area contributed by atoms with Crippen molar-refractivity contribution < 1.29 is 9.84 Å². The molecule has 1 aromatic rings. The molecule has 0 fully saturated rings. The summed E-state index contributed by atoms with van der Waals surface area (Å²) in [5.74, 6) is 0.785. The standard InChI is InChI=1S/C10H14BrNO2/c11-8-2-1-3-10(6-8)14-7-9(12)4-5-13/h1-3,6,9,13H,4-5,7,12H2. The van der Waals surface area contributed by atoms with Gasteiger partial charge in [0.2, 0.25) is 0 Å². The van der Waals surface area contributed by atoms with Crippen molar-refractivity contribution in [2.75, 3.05) is 13.2 Å². The van der Waals surface area contributed by atoms with Gasteiger partial charge in [0.15, 0.2) is 0 Å². The third kappa shape index (κ3) is 4.09. The van der Waals surface area contributed by atoms with Gasteiger partial charge < -0.3 is 15.6 Å². The number of benzene rings is 1. The van der Waals surface area contributed by atoms with Crippen molar-refractivity contribution >= 4 is 15.9 Å². The van der Waals surface area contributed by atoms with Gasteiger partial charge in [0.1, 0.15) is 12.4 Å². The van der Waals surface area contributed by atoms with Gasteiger partial charge in [-0.1, -0.05) is 22.0 Å². The number of ether oxygens (including phenoxy) is 1. The van der Waals surface area contributed by atoms with Crippen LogP contribution in [0, 0.1) is 0 Å². The molecular weight excluding hydrogens is 246 g/mol. The second-order valence-corrected chi connectivity index (χ2v) is 3.96. The van der Waals surface area contributed by atoms with Gasteiger partial charge in [0.25, 0.3) is 0 Å². The Morgan fingerprint density at radius 2 is 2.29 bits per heavy atom. The molecule has 0 aromatic heterocycles. The lowest BCUT2D eigenvalue weighted by atomic mass is 10.2. The van der Waals surface area contributed by atoms with Gasteiger partial charge in [-0.3, -0.25) is 0 Å². The van der Waals surface area contributed by atoms with E-state index in [2.05, 4.69) is 15.9 Å². The van der Waals surface area contributed by atoms with Crippen LogP contribution in [0.15, 0.2) is 28.7 Å². The molecule has 0 aliphatic heterocycles. The van der Waals surface area contributed by atoms with Gasteiger partial charge >= 0.3 is 0 Å². The second-order valence-electron chi connectivity index (χ2n) is 3.04. The molecule has 78 valence electrons. The highest BCUT2D eigenvalue weighted by Crippen LogP contribution is 2.17. The van der Waals surface area contributed by atoms with Crippen LogP contribution in [0.5, 0.6) is 5.75 Å². The Labute approximate surface area is 92.0 Å². The maximum atomic E-state index is 8.63. The number of aliphatic hydroxyl groups excluding tert-OH is 1. The smallest absolute Gasteiger partial charge is 0.120 e. The number of aliphatic hydroxyl groups is 1. The summed E-state index contributed by atoms with van der Waals surface area (Å²) in [5, 5.41) is 8.63. The molecule has 0 saturated heterocycles. The molecule has 0 aliphatic rings. The molecule has 0 amide bonds. The number of rotatable bonds is 5. The molecule has 0 saturated carbocycles. The Hall–Kier alpha value is -0.580. The minimum absolute atomic E-state index is 0.100. The van der Waals surface area contributed by atoms with Crippen molar-refractivity contribution in [1.82, 2.24) is 0 Å². The molecule has 0 bridgehead atoms. The molecule has 1 aromatic carbocycles. The molecule has 3 nitrogen and oxygen atoms in total. The monoisotopic (exact) mass is 259 g/mol. The van der Waals surface area contributed by atoms with Crippen LogP contribution in [0.2, 0.25) is 0 Å². The van der Waals surface area contributed by atoms with E-state index in [1.165, 1.54) is 0 Å². The number of halogens is 1. The van der Waals surface area contributed by atoms with Gasteiger partial charge in [-0.25, -0.2) is 0 Å². The molecule has 0 radical (unpaired) electrons. The van der Waals surface area contributed by atoms with Crippen LogP contribution in [0.1, 0.15) is 6.42 Å². The largest absolute Gasteiger partial charge is 0.492 e. The SMILES string of the molecule is NC(CCO)COc1cccc(Br)c1. The first kappa shape index (κ1) is 11.5. The van der Waals surface area contributed by atoms with Gasteiger partial charge in [0.05, 0.1) is 0 Å². The summed E-state index contributed by atoms with van der Waals surface area (Å²) >= 11 is 3.35. The summed E-state index contributed by atoms with van der Waals surface area (Å²) in [7, 11) is 0. The molecule has 4 heteroatoms. The van der Waals surface area contributed by atoms with Crippen LogP contribution in [0.25, 0.3) is 0 Å². The molecule has 1 rings (SSSR count). The van der Waals surface area contributed by atoms with E-state index in [0.29, 0.717) is 13.0 Å². The van der Waals surface area contributed by atoms with Crippen LogP contribution < -0.4 is 10.5 Å². The highest BCUT2D eigenvalue weighted by molar-refractivity contribution is 9.10. The zero-order valence-electron chi connectivity index (χ0n) is 7.82. The van der Waals surface area contributed by atoms with Crippen LogP contribution in [0.3, 0.4) is 0 Å². The summed E-state index contributed by atoms with van der Waals surface area (Å²) in [6, 6.07) is 7.47. The summed E-state index contributed by atoms with van der Waals surface area (Å²) in [4.78, 5) is 0. The Balaban J connectivity index is 2.37. The van der Waals surface area contributed by atoms with Crippen LogP contribution in [-0.4, -0.2) is 24.4 Å². The molecule has 1 atom stereocenters. The third-order valence-electron chi connectivity index (χ3n) is 1.76. The van der Waals surface area contributed by atoms with Crippen molar-refractivity contribution in [1.29, 1.82) is 0 Å². The van der Waals surface area contributed by atoms with Crippen LogP contribution in [0.4, 0.5) is 0 Å². The molecule has 1 unspecified atom stereocenters. The van der Waals surface area contributed by atoms with E-state index < -0.39 is 0 Å². The average Bonchev–Trinajstić information content (AvgIpc) is 2.15. The van der Waals surface area contributed by atoms with E-state index in [4.69, 9.17) is 15.6 Å². The van der Waals surface area contributed by atoms with Gasteiger partial charge in [0, 0.05) is 17.1 Å². The molecule has 14 heavy (non-hydrogen) atoms. The fourth-order valence-electron chi connectivity index (χ4n) is 1.01. The zero-order chi connectivity index (χ0) is 10.4. The first-order valence-corrected chi connectivity index (χ1v) is 5.26. The predicted octanol–water partition coefficient (Wildman–Crippen LogP) is 1.54. The molecule has 3 N–H and O–H groups in total. The van der Waals surface area contributed by atoms with E-state index in [1.54, 1.807) is 0 Å². The van der Waals surface area contributed by atoms with Gasteiger partial charge in [-0.2, -0.15) is 0 Å². The van der Waals surface area contributed by atoms with E-state index in [-0.39, 0.29) is 12.6 Å². The molecule has 0 heterocycles. The van der Waals surface area contributed by atoms with Crippen molar-refractivity contribution in [3.05, 3.63) is 28.7 Å². The molecule has 0 spiro atoms. The van der Waals surface area contributed by atoms with Crippen molar-refractivity contribution in [3.63, 3.8) is 0 Å². The third-order valence-corrected chi connectivity index (χ3v) is 2.25. The lowest BCUT2D eigenvalue weighted by Crippen LogP contribution is -2.28. The first-order valence-electron chi connectivity index (χ1n) is 4.47. The number of hydrogen-bond acceptors (Lipinski definition) is 3. The lowest BCUT2D eigenvalue weighted by molar-refractivity contribution is 0.233. The van der Waals surface area contributed by atoms with E-state index in [1.807, 2.05) is 24.3 Å². The normalized spacial score (nSPS) is 12.5. The minimum Gasteiger partial charge on any atom is -0.492 e. The Bertz CT molecular complexity index is 281. The fraction of sp³-hybridized carbons (Fsp3) is 0.400. The molecule has 0 aliphatic carbocycles. The van der Waals surface area contributed by atoms with Crippen LogP contribution >= 0.6 is 15.9 Å². The highest BCUT2D eigenvalue weighted by atomic mass is 79.9. The van der Waals surface area contributed by atoms with Gasteiger partial charge in [-0.05, 0) is 24.6 Å². The van der Waals surface area contributed by atoms with E-state index in [9.17, 15) is 0 Å². The number of hydrogen-bond donors (Lipinski definition) is 2. The van der Waals surface area contributed by atoms with Gasteiger partial charge in [-0.15, -0.1) is 0 Å². The lowest BCUT2D eigenvalue weighted by Gasteiger charge is -2.11. The van der Waals surface area contributed by atoms with Crippen molar-refractivity contribution in [3.8, 4) is 5.75 Å². The average molecular weight is 260 g/mol. The highest BCUT2D eigenvalue weighted by Gasteiger charge is 2.02. The Morgan fingerprint density at radius 1 is 1.50 bits per heavy atom.